The van der Waals surface area contributed by atoms with Crippen LogP contribution >= 0.6 is 0 Å². The van der Waals surface area contributed by atoms with Gasteiger partial charge in [0, 0.05) is 0 Å². The van der Waals surface area contributed by atoms with Gasteiger partial charge < -0.3 is 5.11 Å². The molecule has 0 atom stereocenters. The molecule has 0 bridgehead atoms. The highest BCUT2D eigenvalue weighted by Crippen LogP contribution is 2.55. The molecule has 0 radical (unpaired) electrons. The first-order chi connectivity index (χ1) is 16.8. The second-order valence-corrected chi connectivity index (χ2v) is 9.98. The van der Waals surface area contributed by atoms with Crippen molar-refractivity contribution in [3.8, 4) is 0 Å². The Bertz CT molecular complexity index is 979. The third kappa shape index (κ3) is 9.03. The molecule has 0 aliphatic carbocycles. The summed E-state index contributed by atoms with van der Waals surface area (Å²) in [5.74, 6) is 0. The number of rotatable bonds is 2. The Morgan fingerprint density at radius 3 is 1.23 bits per heavy atom. The molecule has 2 aliphatic rings. The molecule has 0 aromatic rings. The highest BCUT2D eigenvalue weighted by molar-refractivity contribution is 8.06. The SMILES string of the molecule is FCC(F)F.FCN1C(F)(F)C(F)(F)OC(F)(F)C1(F)F.O=C(O)F.O=S1(=O)NS(=O)(=O)C(F)(F)CC1(F)F. The molecule has 2 rings (SSSR count). The fraction of sp³-hybridized carbons (Fsp3) is 0.909. The number of hydrogen-bond acceptors (Lipinski definition) is 7. The first-order valence-electron chi connectivity index (χ1n) is 8.13. The van der Waals surface area contributed by atoms with E-state index in [9.17, 15) is 91.5 Å². The summed E-state index contributed by atoms with van der Waals surface area (Å²) in [6.45, 7) is -4.44. The van der Waals surface area contributed by atoms with Gasteiger partial charge in [-0.2, -0.15) is 52.7 Å². The van der Waals surface area contributed by atoms with Gasteiger partial charge in [-0.1, -0.05) is 4.13 Å². The Kier molecular flexibility index (Phi) is 12.4. The van der Waals surface area contributed by atoms with E-state index in [0.717, 1.165) is 0 Å². The Morgan fingerprint density at radius 1 is 0.795 bits per heavy atom. The highest BCUT2D eigenvalue weighted by Gasteiger charge is 2.82. The molecule has 0 spiro atoms. The number of nitrogens with one attached hydrogen (secondary N) is 1. The minimum Gasteiger partial charge on any atom is -0.456 e. The van der Waals surface area contributed by atoms with Gasteiger partial charge in [-0.3, -0.25) is 0 Å². The number of carboxylic acid groups (broad SMARTS) is 1. The summed E-state index contributed by atoms with van der Waals surface area (Å²) in [6, 6.07) is -11.8. The fourth-order valence-electron chi connectivity index (χ4n) is 1.62. The number of nitrogens with zero attached hydrogens (tertiary/aromatic N) is 1. The van der Waals surface area contributed by atoms with Gasteiger partial charge in [0.25, 0.3) is 26.5 Å². The Balaban J connectivity index is 0. The number of sulfonamides is 2. The van der Waals surface area contributed by atoms with E-state index in [0.29, 0.717) is 0 Å². The summed E-state index contributed by atoms with van der Waals surface area (Å²) in [5, 5.41) is -2.86. The van der Waals surface area contributed by atoms with Gasteiger partial charge in [0.05, 0.1) is 0 Å². The predicted molar refractivity (Wildman–Crippen MR) is 85.3 cm³/mol. The molecular weight excluding hydrogens is 659 g/mol. The van der Waals surface area contributed by atoms with Crippen LogP contribution in [-0.2, 0) is 24.8 Å². The normalized spacial score (nSPS) is 26.3. The van der Waals surface area contributed by atoms with E-state index in [2.05, 4.69) is 0 Å². The molecule has 2 N–H and O–H groups in total. The number of alkyl halides is 16. The minimum atomic E-state index is -5.94. The van der Waals surface area contributed by atoms with Crippen molar-refractivity contribution in [3.63, 3.8) is 0 Å². The van der Waals surface area contributed by atoms with Crippen LogP contribution in [0.2, 0.25) is 0 Å². The number of hydrogen-bond donors (Lipinski definition) is 2. The molecule has 39 heavy (non-hydrogen) atoms. The third-order valence-corrected chi connectivity index (χ3v) is 6.90. The molecule has 0 aromatic carbocycles. The summed E-state index contributed by atoms with van der Waals surface area (Å²) in [4.78, 5) is 6.07. The molecule has 2 saturated heterocycles. The van der Waals surface area contributed by atoms with E-state index in [1.807, 2.05) is 4.74 Å². The summed E-state index contributed by atoms with van der Waals surface area (Å²) >= 11 is 0. The van der Waals surface area contributed by atoms with Crippen LogP contribution in [0.1, 0.15) is 6.42 Å². The average molecular weight is 668 g/mol. The lowest BCUT2D eigenvalue weighted by Crippen LogP contribution is -2.73. The van der Waals surface area contributed by atoms with Crippen LogP contribution in [-0.4, -0.2) is 87.8 Å². The maximum absolute atomic E-state index is 12.5. The van der Waals surface area contributed by atoms with Crippen molar-refractivity contribution in [2.24, 2.45) is 0 Å². The smallest absolute Gasteiger partial charge is 0.456 e. The first kappa shape index (κ1) is 39.2. The lowest BCUT2D eigenvalue weighted by Gasteiger charge is -2.45. The van der Waals surface area contributed by atoms with Crippen LogP contribution in [0.25, 0.3) is 0 Å². The summed E-state index contributed by atoms with van der Waals surface area (Å²) in [6.07, 6.45) is -19.6. The minimum absolute atomic E-state index is 0.257. The first-order valence-corrected chi connectivity index (χ1v) is 11.1. The van der Waals surface area contributed by atoms with E-state index in [1.54, 1.807) is 0 Å². The van der Waals surface area contributed by atoms with Gasteiger partial charge in [0.1, 0.15) is 6.42 Å². The van der Waals surface area contributed by atoms with Crippen molar-refractivity contribution < 1.29 is 106 Å². The zero-order chi connectivity index (χ0) is 32.3. The molecule has 2 heterocycles. The van der Waals surface area contributed by atoms with Gasteiger partial charge in [0.2, 0.25) is 0 Å². The molecule has 0 unspecified atom stereocenters. The molecule has 0 aromatic heterocycles. The second kappa shape index (κ2) is 12.3. The van der Waals surface area contributed by atoms with Crippen molar-refractivity contribution in [2.45, 2.75) is 47.7 Å². The van der Waals surface area contributed by atoms with Gasteiger partial charge >= 0.3 is 41.0 Å². The zero-order valence-corrected chi connectivity index (χ0v) is 18.9. The molecule has 236 valence electrons. The highest BCUT2D eigenvalue weighted by atomic mass is 32.3. The van der Waals surface area contributed by atoms with Crippen molar-refractivity contribution in [1.29, 1.82) is 0 Å². The molecule has 28 heteroatoms. The van der Waals surface area contributed by atoms with Gasteiger partial charge in [-0.15, -0.1) is 9.29 Å². The molecule has 0 amide bonds. The Morgan fingerprint density at radius 2 is 1.05 bits per heavy atom. The van der Waals surface area contributed by atoms with Crippen LogP contribution < -0.4 is 4.13 Å². The van der Waals surface area contributed by atoms with Crippen LogP contribution in [0.3, 0.4) is 0 Å². The molecule has 0 saturated carbocycles. The van der Waals surface area contributed by atoms with Crippen molar-refractivity contribution in [1.82, 2.24) is 9.03 Å². The van der Waals surface area contributed by atoms with Crippen LogP contribution in [0.4, 0.5) is 79.4 Å². The molecular formula is C11H9F17N2O7S2. The van der Waals surface area contributed by atoms with Crippen LogP contribution in [0.5, 0.6) is 0 Å². The topological polar surface area (TPSA) is 130 Å². The van der Waals surface area contributed by atoms with E-state index >= 15 is 0 Å². The lowest BCUT2D eigenvalue weighted by molar-refractivity contribution is -0.565. The summed E-state index contributed by atoms with van der Waals surface area (Å²) < 4.78 is 246. The third-order valence-electron chi connectivity index (χ3n) is 3.29. The average Bonchev–Trinajstić information content (AvgIpc) is 2.64. The van der Waals surface area contributed by atoms with Crippen molar-refractivity contribution in [3.05, 3.63) is 0 Å². The monoisotopic (exact) mass is 668 g/mol. The number of halogens is 17. The Labute approximate surface area is 203 Å². The zero-order valence-electron chi connectivity index (χ0n) is 17.3. The van der Waals surface area contributed by atoms with Gasteiger partial charge in [0.15, 0.2) is 13.5 Å². The number of ether oxygens (including phenoxy) is 1. The van der Waals surface area contributed by atoms with E-state index in [-0.39, 0.29) is 4.13 Å². The molecule has 9 nitrogen and oxygen atoms in total. The standard InChI is InChI=1S/C5H2F9NO.C3H3F4NO4S2.C2H3F3.CHFO2/c6-1-15-2(7,8)4(11,12)16-5(13,14)3(15,9)10;4-2(5)1-3(6,7)14(11,12)8-13(2,9)10;3-1-2(4)5;2-1(3)4/h1H2;8H,1H2;2H,1H2;(H,3,4). The summed E-state index contributed by atoms with van der Waals surface area (Å²) in [7, 11) is -11.2. The van der Waals surface area contributed by atoms with Gasteiger partial charge in [-0.05, 0) is 0 Å². The maximum atomic E-state index is 12.5. The number of carbonyl (C=O) groups is 1. The largest absolute Gasteiger partial charge is 0.492 e. The fourth-order valence-corrected chi connectivity index (χ4v) is 4.59. The van der Waals surface area contributed by atoms with Crippen LogP contribution in [0.15, 0.2) is 0 Å². The predicted octanol–water partition coefficient (Wildman–Crippen LogP) is 4.30. The quantitative estimate of drug-likeness (QED) is 0.253. The van der Waals surface area contributed by atoms with E-state index in [1.165, 1.54) is 0 Å². The lowest BCUT2D eigenvalue weighted by atomic mass is 10.3. The molecule has 2 fully saturated rings. The summed E-state index contributed by atoms with van der Waals surface area (Å²) in [5.41, 5.74) is 0. The molecule has 2 aliphatic heterocycles. The van der Waals surface area contributed by atoms with Crippen molar-refractivity contribution in [2.75, 3.05) is 13.5 Å². The second-order valence-electron chi connectivity index (χ2n) is 6.11. The van der Waals surface area contributed by atoms with Crippen LogP contribution in [0, 0.1) is 0 Å². The maximum Gasteiger partial charge on any atom is 0.492 e. The van der Waals surface area contributed by atoms with E-state index in [4.69, 9.17) is 9.90 Å². The number of morpholine rings is 1. The van der Waals surface area contributed by atoms with E-state index < -0.39 is 92.3 Å². The van der Waals surface area contributed by atoms with Crippen molar-refractivity contribution >= 4 is 26.3 Å². The van der Waals surface area contributed by atoms with Gasteiger partial charge in [-0.25, -0.2) is 43.9 Å². The Hall–Kier alpha value is -1.94.